The van der Waals surface area contributed by atoms with E-state index in [4.69, 9.17) is 29.1 Å². The van der Waals surface area contributed by atoms with Gasteiger partial charge in [0.25, 0.3) is 0 Å². The van der Waals surface area contributed by atoms with Gasteiger partial charge in [0.15, 0.2) is 12.2 Å². The van der Waals surface area contributed by atoms with Crippen molar-refractivity contribution in [2.45, 2.75) is 44.1 Å². The smallest absolute Gasteiger partial charge is 0.404 e. The van der Waals surface area contributed by atoms with Crippen LogP contribution in [0, 0.1) is 0 Å². The lowest BCUT2D eigenvalue weighted by Gasteiger charge is -2.47. The zero-order chi connectivity index (χ0) is 25.5. The predicted molar refractivity (Wildman–Crippen MR) is 122 cm³/mol. The van der Waals surface area contributed by atoms with Crippen LogP contribution in [0.4, 0.5) is 4.79 Å². The van der Waals surface area contributed by atoms with Crippen molar-refractivity contribution in [2.75, 3.05) is 7.11 Å². The molecule has 1 saturated heterocycles. The van der Waals surface area contributed by atoms with Crippen molar-refractivity contribution in [1.29, 1.82) is 0 Å². The number of ether oxygens (including phenoxy) is 4. The Kier molecular flexibility index (Phi) is 6.32. The number of nitrogens with two attached hydrogens (primary N) is 1. The summed E-state index contributed by atoms with van der Waals surface area (Å²) in [5.41, 5.74) is 4.37. The third-order valence-electron chi connectivity index (χ3n) is 5.78. The number of carbonyl (C=O) groups is 1. The monoisotopic (exact) mass is 487 g/mol. The number of rotatable bonds is 5. The zero-order valence-electron chi connectivity index (χ0n) is 19.1. The van der Waals surface area contributed by atoms with Gasteiger partial charge in [-0.25, -0.2) is 4.79 Å². The fourth-order valence-electron chi connectivity index (χ4n) is 4.21. The van der Waals surface area contributed by atoms with E-state index in [0.29, 0.717) is 11.3 Å². The minimum Gasteiger partial charge on any atom is -0.508 e. The highest BCUT2D eigenvalue weighted by molar-refractivity contribution is 5.88. The zero-order valence-corrected chi connectivity index (χ0v) is 19.1. The van der Waals surface area contributed by atoms with Crippen molar-refractivity contribution in [3.63, 3.8) is 0 Å². The highest BCUT2D eigenvalue weighted by Gasteiger charge is 2.53. The molecular formula is C24H25NO10. The Morgan fingerprint density at radius 2 is 1.83 bits per heavy atom. The lowest BCUT2D eigenvalue weighted by Crippen LogP contribution is -2.65. The summed E-state index contributed by atoms with van der Waals surface area (Å²) in [5.74, 6) is -0.341. The van der Waals surface area contributed by atoms with Gasteiger partial charge in [0.1, 0.15) is 40.6 Å². The van der Waals surface area contributed by atoms with Crippen molar-refractivity contribution in [1.82, 2.24) is 0 Å². The summed E-state index contributed by atoms with van der Waals surface area (Å²) in [5, 5.41) is 30.3. The molecule has 3 aromatic rings. The van der Waals surface area contributed by atoms with Crippen molar-refractivity contribution in [2.24, 2.45) is 5.73 Å². The van der Waals surface area contributed by atoms with Crippen LogP contribution in [-0.2, 0) is 14.2 Å². The van der Waals surface area contributed by atoms with E-state index in [0.717, 1.165) is 6.07 Å². The largest absolute Gasteiger partial charge is 0.508 e. The first-order chi connectivity index (χ1) is 16.5. The first-order valence-corrected chi connectivity index (χ1v) is 10.6. The highest BCUT2D eigenvalue weighted by Crippen LogP contribution is 2.35. The molecule has 1 amide bonds. The van der Waals surface area contributed by atoms with Gasteiger partial charge in [-0.1, -0.05) is 12.1 Å². The molecule has 186 valence electrons. The number of carbonyl (C=O) groups excluding carboxylic acids is 1. The van der Waals surface area contributed by atoms with Gasteiger partial charge in [0.2, 0.25) is 11.7 Å². The summed E-state index contributed by atoms with van der Waals surface area (Å²) in [7, 11) is 1.39. The van der Waals surface area contributed by atoms with E-state index in [1.807, 2.05) is 0 Å². The average molecular weight is 487 g/mol. The molecule has 0 spiro atoms. The minimum absolute atomic E-state index is 0.0457. The topological polar surface area (TPSA) is 171 Å². The molecular weight excluding hydrogens is 462 g/mol. The summed E-state index contributed by atoms with van der Waals surface area (Å²) in [6.07, 6.45) is -4.42. The van der Waals surface area contributed by atoms with Crippen molar-refractivity contribution in [3.05, 3.63) is 52.9 Å². The molecule has 0 saturated carbocycles. The number of hydrogen-bond acceptors (Lipinski definition) is 10. The Morgan fingerprint density at radius 3 is 2.46 bits per heavy atom. The quantitative estimate of drug-likeness (QED) is 0.418. The van der Waals surface area contributed by atoms with Gasteiger partial charge in [0, 0.05) is 19.2 Å². The summed E-state index contributed by atoms with van der Waals surface area (Å²) in [4.78, 5) is 24.3. The SMILES string of the molecule is COC1C(OC(N)=O)C(O)C(Oc2ccc(-c3coc4cc(O)cc(O)c4c3=O)cc2)OC1(C)C. The van der Waals surface area contributed by atoms with E-state index in [-0.39, 0.29) is 22.3 Å². The first kappa shape index (κ1) is 24.3. The highest BCUT2D eigenvalue weighted by atomic mass is 16.7. The molecule has 1 aromatic heterocycles. The minimum atomic E-state index is -1.41. The van der Waals surface area contributed by atoms with Gasteiger partial charge in [-0.05, 0) is 31.5 Å². The molecule has 11 nitrogen and oxygen atoms in total. The molecule has 1 fully saturated rings. The van der Waals surface area contributed by atoms with Crippen molar-refractivity contribution >= 4 is 17.1 Å². The fourth-order valence-corrected chi connectivity index (χ4v) is 4.21. The second-order valence-electron chi connectivity index (χ2n) is 8.60. The Morgan fingerprint density at radius 1 is 1.14 bits per heavy atom. The number of primary amides is 1. The molecule has 35 heavy (non-hydrogen) atoms. The summed E-state index contributed by atoms with van der Waals surface area (Å²) in [6, 6.07) is 8.55. The van der Waals surface area contributed by atoms with Crippen molar-refractivity contribution in [3.8, 4) is 28.4 Å². The maximum absolute atomic E-state index is 12.9. The lowest BCUT2D eigenvalue weighted by atomic mass is 9.89. The van der Waals surface area contributed by atoms with Crippen LogP contribution in [0.15, 0.2) is 51.9 Å². The maximum Gasteiger partial charge on any atom is 0.404 e. The van der Waals surface area contributed by atoms with Crippen LogP contribution in [0.1, 0.15) is 13.8 Å². The van der Waals surface area contributed by atoms with E-state index in [1.54, 1.807) is 38.1 Å². The molecule has 4 atom stereocenters. The standard InChI is InChI=1S/C24H25NO10/c1-24(2)21(31-3)20(34-23(25)30)19(29)22(35-24)33-13-6-4-11(5-7-13)14-10-32-16-9-12(26)8-15(27)17(16)18(14)28/h4-10,19-22,26-27,29H,1-3H3,(H2,25,30). The van der Waals surface area contributed by atoms with Crippen LogP contribution >= 0.6 is 0 Å². The molecule has 1 aliphatic rings. The molecule has 4 rings (SSSR count). The number of benzene rings is 2. The molecule has 0 aliphatic carbocycles. The van der Waals surface area contributed by atoms with Crippen LogP contribution in [0.2, 0.25) is 0 Å². The summed E-state index contributed by atoms with van der Waals surface area (Å²) in [6.45, 7) is 3.38. The van der Waals surface area contributed by atoms with Crippen LogP contribution in [-0.4, -0.2) is 58.7 Å². The Bertz CT molecular complexity index is 1300. The Hall–Kier alpha value is -3.80. The van der Waals surface area contributed by atoms with Crippen LogP contribution < -0.4 is 15.9 Å². The fraction of sp³-hybridized carbons (Fsp3) is 0.333. The number of aliphatic hydroxyl groups is 1. The Labute approximate surface area is 199 Å². The van der Waals surface area contributed by atoms with E-state index in [2.05, 4.69) is 0 Å². The number of fused-ring (bicyclic) bond motifs is 1. The summed E-state index contributed by atoms with van der Waals surface area (Å²) >= 11 is 0. The van der Waals surface area contributed by atoms with E-state index in [1.165, 1.54) is 19.4 Å². The van der Waals surface area contributed by atoms with Crippen LogP contribution in [0.5, 0.6) is 17.2 Å². The average Bonchev–Trinajstić information content (AvgIpc) is 2.77. The van der Waals surface area contributed by atoms with Gasteiger partial charge in [-0.2, -0.15) is 0 Å². The van der Waals surface area contributed by atoms with Crippen LogP contribution in [0.3, 0.4) is 0 Å². The van der Waals surface area contributed by atoms with Gasteiger partial charge >= 0.3 is 6.09 Å². The predicted octanol–water partition coefficient (Wildman–Crippen LogP) is 2.22. The Balaban J connectivity index is 1.59. The van der Waals surface area contributed by atoms with E-state index < -0.39 is 47.5 Å². The number of methoxy groups -OCH3 is 1. The molecule has 11 heteroatoms. The third-order valence-corrected chi connectivity index (χ3v) is 5.78. The molecule has 2 aromatic carbocycles. The number of phenolic OH excluding ortho intramolecular Hbond substituents is 2. The maximum atomic E-state index is 12.9. The van der Waals surface area contributed by atoms with E-state index in [9.17, 15) is 24.9 Å². The number of aromatic hydroxyl groups is 2. The van der Waals surface area contributed by atoms with Gasteiger partial charge in [-0.3, -0.25) is 4.79 Å². The van der Waals surface area contributed by atoms with Crippen molar-refractivity contribution < 1.29 is 43.5 Å². The molecule has 0 bridgehead atoms. The third kappa shape index (κ3) is 4.61. The van der Waals surface area contributed by atoms with Gasteiger partial charge in [-0.15, -0.1) is 0 Å². The number of hydrogen-bond donors (Lipinski definition) is 4. The number of aliphatic hydroxyl groups excluding tert-OH is 1. The lowest BCUT2D eigenvalue weighted by molar-refractivity contribution is -0.304. The van der Waals surface area contributed by atoms with E-state index >= 15 is 0 Å². The van der Waals surface area contributed by atoms with Gasteiger partial charge < -0.3 is 44.4 Å². The van der Waals surface area contributed by atoms with Gasteiger partial charge in [0.05, 0.1) is 11.2 Å². The number of phenols is 2. The second kappa shape index (κ2) is 9.10. The first-order valence-electron chi connectivity index (χ1n) is 10.6. The normalized spacial score (nSPS) is 23.7. The molecule has 4 unspecified atom stereocenters. The second-order valence-corrected chi connectivity index (χ2v) is 8.60. The van der Waals surface area contributed by atoms with Crippen LogP contribution in [0.25, 0.3) is 22.1 Å². The molecule has 5 N–H and O–H groups in total. The molecule has 0 radical (unpaired) electrons. The number of amides is 1. The summed E-state index contributed by atoms with van der Waals surface area (Å²) < 4.78 is 27.5. The molecule has 1 aliphatic heterocycles. The molecule has 2 heterocycles.